The van der Waals surface area contributed by atoms with Crippen LogP contribution in [0.2, 0.25) is 5.15 Å². The van der Waals surface area contributed by atoms with Crippen LogP contribution in [-0.2, 0) is 5.41 Å². The largest absolute Gasteiger partial charge is 0.354 e. The number of unbranched alkanes of at least 4 members (excludes halogenated alkanes) is 2. The molecule has 4 heteroatoms. The van der Waals surface area contributed by atoms with Crippen molar-refractivity contribution in [2.24, 2.45) is 0 Å². The van der Waals surface area contributed by atoms with Crippen molar-refractivity contribution >= 4 is 17.4 Å². The van der Waals surface area contributed by atoms with Gasteiger partial charge in [0.1, 0.15) is 16.8 Å². The zero-order valence-corrected chi connectivity index (χ0v) is 15.4. The Hall–Kier alpha value is -0.830. The van der Waals surface area contributed by atoms with Crippen molar-refractivity contribution in [3.05, 3.63) is 16.5 Å². The lowest BCUT2D eigenvalue weighted by molar-refractivity contribution is 0.539. The SMILES string of the molecule is CCCCCN(c1nc(C(C)(C)C)nc(Cl)c1C)C(C)C. The summed E-state index contributed by atoms with van der Waals surface area (Å²) in [6, 6.07) is 0.402. The maximum Gasteiger partial charge on any atom is 0.137 e. The van der Waals surface area contributed by atoms with E-state index in [1.54, 1.807) is 0 Å². The Labute approximate surface area is 135 Å². The number of halogens is 1. The molecule has 0 atom stereocenters. The minimum Gasteiger partial charge on any atom is -0.354 e. The fraction of sp³-hybridized carbons (Fsp3) is 0.765. The van der Waals surface area contributed by atoms with Gasteiger partial charge < -0.3 is 4.90 Å². The van der Waals surface area contributed by atoms with E-state index < -0.39 is 0 Å². The van der Waals surface area contributed by atoms with E-state index >= 15 is 0 Å². The van der Waals surface area contributed by atoms with Gasteiger partial charge in [-0.25, -0.2) is 9.97 Å². The molecule has 0 amide bonds. The first kappa shape index (κ1) is 18.2. The van der Waals surface area contributed by atoms with Crippen molar-refractivity contribution in [2.75, 3.05) is 11.4 Å². The molecule has 0 radical (unpaired) electrons. The van der Waals surface area contributed by atoms with Gasteiger partial charge in [0.05, 0.1) is 0 Å². The number of aromatic nitrogens is 2. The van der Waals surface area contributed by atoms with Crippen LogP contribution >= 0.6 is 11.6 Å². The summed E-state index contributed by atoms with van der Waals surface area (Å²) < 4.78 is 0. The van der Waals surface area contributed by atoms with Gasteiger partial charge in [-0.1, -0.05) is 52.1 Å². The van der Waals surface area contributed by atoms with Gasteiger partial charge in [-0.05, 0) is 27.2 Å². The van der Waals surface area contributed by atoms with Crippen molar-refractivity contribution in [3.63, 3.8) is 0 Å². The molecule has 0 fully saturated rings. The molecule has 0 aliphatic heterocycles. The molecule has 1 heterocycles. The molecule has 0 saturated heterocycles. The molecule has 3 nitrogen and oxygen atoms in total. The van der Waals surface area contributed by atoms with Crippen LogP contribution < -0.4 is 4.90 Å². The maximum absolute atomic E-state index is 6.36. The molecule has 0 N–H and O–H groups in total. The molecule has 1 aromatic heterocycles. The number of anilines is 1. The second kappa shape index (κ2) is 7.44. The highest BCUT2D eigenvalue weighted by molar-refractivity contribution is 6.30. The summed E-state index contributed by atoms with van der Waals surface area (Å²) in [6.45, 7) is 16.0. The molecule has 0 unspecified atom stereocenters. The Morgan fingerprint density at radius 2 is 1.76 bits per heavy atom. The third-order valence-corrected chi connectivity index (χ3v) is 4.00. The first-order valence-corrected chi connectivity index (χ1v) is 8.37. The Morgan fingerprint density at radius 3 is 2.24 bits per heavy atom. The van der Waals surface area contributed by atoms with Crippen LogP contribution in [0.5, 0.6) is 0 Å². The van der Waals surface area contributed by atoms with Gasteiger partial charge in [0.15, 0.2) is 0 Å². The summed E-state index contributed by atoms with van der Waals surface area (Å²) in [7, 11) is 0. The number of nitrogens with zero attached hydrogens (tertiary/aromatic N) is 3. The van der Waals surface area contributed by atoms with Gasteiger partial charge in [0.25, 0.3) is 0 Å². The van der Waals surface area contributed by atoms with Crippen LogP contribution in [0.4, 0.5) is 5.82 Å². The van der Waals surface area contributed by atoms with Crippen molar-refractivity contribution in [1.29, 1.82) is 0 Å². The molecule has 1 aromatic rings. The van der Waals surface area contributed by atoms with Gasteiger partial charge in [-0.15, -0.1) is 0 Å². The fourth-order valence-corrected chi connectivity index (χ4v) is 2.40. The third-order valence-electron chi connectivity index (χ3n) is 3.63. The van der Waals surface area contributed by atoms with E-state index in [0.717, 1.165) is 23.8 Å². The first-order chi connectivity index (χ1) is 9.68. The van der Waals surface area contributed by atoms with Crippen LogP contribution in [0.15, 0.2) is 0 Å². The number of rotatable bonds is 6. The lowest BCUT2D eigenvalue weighted by Crippen LogP contribution is -2.34. The highest BCUT2D eigenvalue weighted by Gasteiger charge is 2.23. The van der Waals surface area contributed by atoms with Gasteiger partial charge in [0.2, 0.25) is 0 Å². The zero-order valence-electron chi connectivity index (χ0n) is 14.6. The number of hydrogen-bond acceptors (Lipinski definition) is 3. The normalized spacial score (nSPS) is 12.0. The van der Waals surface area contributed by atoms with E-state index in [0.29, 0.717) is 11.2 Å². The second-order valence-electron chi connectivity index (χ2n) is 7.03. The van der Waals surface area contributed by atoms with E-state index in [1.165, 1.54) is 19.3 Å². The lowest BCUT2D eigenvalue weighted by Gasteiger charge is -2.31. The summed E-state index contributed by atoms with van der Waals surface area (Å²) in [5.74, 6) is 1.81. The van der Waals surface area contributed by atoms with Crippen molar-refractivity contribution in [1.82, 2.24) is 9.97 Å². The van der Waals surface area contributed by atoms with Crippen LogP contribution in [0, 0.1) is 6.92 Å². The molecule has 0 bridgehead atoms. The third kappa shape index (κ3) is 4.84. The lowest BCUT2D eigenvalue weighted by atomic mass is 9.95. The molecule has 0 spiro atoms. The molecular weight excluding hydrogens is 282 g/mol. The van der Waals surface area contributed by atoms with E-state index in [1.807, 2.05) is 6.92 Å². The Balaban J connectivity index is 3.20. The highest BCUT2D eigenvalue weighted by Crippen LogP contribution is 2.29. The summed E-state index contributed by atoms with van der Waals surface area (Å²) >= 11 is 6.36. The van der Waals surface area contributed by atoms with E-state index in [2.05, 4.69) is 51.4 Å². The van der Waals surface area contributed by atoms with Crippen LogP contribution in [0.1, 0.15) is 72.2 Å². The molecule has 0 aromatic carbocycles. The summed E-state index contributed by atoms with van der Waals surface area (Å²) in [5.41, 5.74) is 0.882. The van der Waals surface area contributed by atoms with Crippen molar-refractivity contribution in [2.45, 2.75) is 79.2 Å². The van der Waals surface area contributed by atoms with E-state index in [4.69, 9.17) is 16.6 Å². The molecule has 0 saturated carbocycles. The molecule has 21 heavy (non-hydrogen) atoms. The van der Waals surface area contributed by atoms with Crippen molar-refractivity contribution < 1.29 is 0 Å². The standard InChI is InChI=1S/C17H30ClN3/c1-8-9-10-11-21(12(2)3)15-13(4)14(18)19-16(20-15)17(5,6)7/h12H,8-11H2,1-7H3. The Kier molecular flexibility index (Phi) is 6.45. The van der Waals surface area contributed by atoms with Crippen LogP contribution in [-0.4, -0.2) is 22.6 Å². The average Bonchev–Trinajstić information content (AvgIpc) is 2.37. The quantitative estimate of drug-likeness (QED) is 0.538. The van der Waals surface area contributed by atoms with Gasteiger partial charge in [0, 0.05) is 23.6 Å². The van der Waals surface area contributed by atoms with Crippen LogP contribution in [0.3, 0.4) is 0 Å². The molecule has 0 aliphatic carbocycles. The molecular formula is C17H30ClN3. The van der Waals surface area contributed by atoms with Gasteiger partial charge >= 0.3 is 0 Å². The maximum atomic E-state index is 6.36. The number of hydrogen-bond donors (Lipinski definition) is 0. The molecule has 0 aliphatic rings. The second-order valence-corrected chi connectivity index (χ2v) is 7.39. The first-order valence-electron chi connectivity index (χ1n) is 7.99. The topological polar surface area (TPSA) is 29.0 Å². The summed E-state index contributed by atoms with van der Waals surface area (Å²) in [5, 5.41) is 0.575. The summed E-state index contributed by atoms with van der Waals surface area (Å²) in [6.07, 6.45) is 3.65. The highest BCUT2D eigenvalue weighted by atomic mass is 35.5. The van der Waals surface area contributed by atoms with Gasteiger partial charge in [-0.3, -0.25) is 0 Å². The summed E-state index contributed by atoms with van der Waals surface area (Å²) in [4.78, 5) is 11.7. The van der Waals surface area contributed by atoms with Gasteiger partial charge in [-0.2, -0.15) is 0 Å². The monoisotopic (exact) mass is 311 g/mol. The van der Waals surface area contributed by atoms with Crippen LogP contribution in [0.25, 0.3) is 0 Å². The Bertz CT molecular complexity index is 464. The fourth-order valence-electron chi connectivity index (χ4n) is 2.23. The Morgan fingerprint density at radius 1 is 1.14 bits per heavy atom. The predicted molar refractivity (Wildman–Crippen MR) is 92.5 cm³/mol. The molecule has 120 valence electrons. The zero-order chi connectivity index (χ0) is 16.2. The minimum absolute atomic E-state index is 0.0990. The minimum atomic E-state index is -0.0990. The average molecular weight is 312 g/mol. The smallest absolute Gasteiger partial charge is 0.137 e. The van der Waals surface area contributed by atoms with Crippen molar-refractivity contribution in [3.8, 4) is 0 Å². The van der Waals surface area contributed by atoms with E-state index in [-0.39, 0.29) is 5.41 Å². The predicted octanol–water partition coefficient (Wildman–Crippen LogP) is 5.14. The van der Waals surface area contributed by atoms with E-state index in [9.17, 15) is 0 Å². The molecule has 1 rings (SSSR count).